The highest BCUT2D eigenvalue weighted by atomic mass is 19.4. The first-order valence-electron chi connectivity index (χ1n) is 5.85. The van der Waals surface area contributed by atoms with Crippen molar-refractivity contribution in [2.24, 2.45) is 5.92 Å². The molecular formula is C13H14F3NO3. The Bertz CT molecular complexity index is 473. The Morgan fingerprint density at radius 2 is 1.80 bits per heavy atom. The zero-order valence-electron chi connectivity index (χ0n) is 10.6. The molecule has 0 fully saturated rings. The number of rotatable bonds is 5. The molecule has 0 saturated carbocycles. The summed E-state index contributed by atoms with van der Waals surface area (Å²) in [5.74, 6) is -4.97. The normalized spacial score (nSPS) is 14.4. The monoisotopic (exact) mass is 289 g/mol. The third-order valence-corrected chi connectivity index (χ3v) is 2.78. The Hall–Kier alpha value is -2.05. The van der Waals surface area contributed by atoms with Crippen LogP contribution in [0.2, 0.25) is 0 Å². The van der Waals surface area contributed by atoms with Crippen LogP contribution in [0.4, 0.5) is 13.2 Å². The van der Waals surface area contributed by atoms with Gasteiger partial charge in [-0.2, -0.15) is 13.2 Å². The van der Waals surface area contributed by atoms with Gasteiger partial charge in [0.1, 0.15) is 12.0 Å². The molecule has 0 aliphatic carbocycles. The standard InChI is InChI=1S/C13H14F3NO3/c1-8(13(14,15)16)11(18)17-10(12(19)20)7-9-5-3-2-4-6-9/h2-6,8,10H,7H2,1H3,(H,17,18)(H,19,20)/t8?,10-/m1/s1. The van der Waals surface area contributed by atoms with Crippen LogP contribution in [0.15, 0.2) is 30.3 Å². The number of aliphatic carboxylic acids is 1. The molecule has 0 saturated heterocycles. The molecule has 0 radical (unpaired) electrons. The Labute approximate surface area is 113 Å². The summed E-state index contributed by atoms with van der Waals surface area (Å²) in [6, 6.07) is 6.95. The SMILES string of the molecule is CC(C(=O)N[C@H](Cc1ccccc1)C(=O)O)C(F)(F)F. The van der Waals surface area contributed by atoms with Gasteiger partial charge in [-0.3, -0.25) is 4.79 Å². The van der Waals surface area contributed by atoms with Crippen LogP contribution >= 0.6 is 0 Å². The fraction of sp³-hybridized carbons (Fsp3) is 0.385. The fourth-order valence-corrected chi connectivity index (χ4v) is 1.50. The molecule has 1 aromatic rings. The van der Waals surface area contributed by atoms with E-state index >= 15 is 0 Å². The molecule has 1 aromatic carbocycles. The third kappa shape index (κ3) is 4.56. The highest BCUT2D eigenvalue weighted by Crippen LogP contribution is 2.25. The number of nitrogens with one attached hydrogen (secondary N) is 1. The van der Waals surface area contributed by atoms with Crippen molar-refractivity contribution in [2.75, 3.05) is 0 Å². The van der Waals surface area contributed by atoms with Crippen molar-refractivity contribution in [3.63, 3.8) is 0 Å². The van der Waals surface area contributed by atoms with Crippen LogP contribution in [0, 0.1) is 5.92 Å². The number of hydrogen-bond acceptors (Lipinski definition) is 2. The first-order valence-corrected chi connectivity index (χ1v) is 5.85. The molecule has 1 rings (SSSR count). The average molecular weight is 289 g/mol. The number of carboxylic acids is 1. The lowest BCUT2D eigenvalue weighted by Crippen LogP contribution is -2.47. The van der Waals surface area contributed by atoms with Crippen LogP contribution in [0.5, 0.6) is 0 Å². The molecule has 0 aliphatic rings. The second kappa shape index (κ2) is 6.40. The summed E-state index contributed by atoms with van der Waals surface area (Å²) in [4.78, 5) is 22.4. The first-order chi connectivity index (χ1) is 9.21. The molecule has 0 spiro atoms. The van der Waals surface area contributed by atoms with E-state index in [0.717, 1.165) is 0 Å². The summed E-state index contributed by atoms with van der Waals surface area (Å²) in [5.41, 5.74) is 0.611. The van der Waals surface area contributed by atoms with Gasteiger partial charge in [0.25, 0.3) is 0 Å². The van der Waals surface area contributed by atoms with Gasteiger partial charge in [-0.25, -0.2) is 4.79 Å². The number of amides is 1. The zero-order valence-corrected chi connectivity index (χ0v) is 10.6. The second-order valence-corrected chi connectivity index (χ2v) is 4.35. The van der Waals surface area contributed by atoms with E-state index in [4.69, 9.17) is 5.11 Å². The van der Waals surface area contributed by atoms with Crippen molar-refractivity contribution in [2.45, 2.75) is 25.6 Å². The number of benzene rings is 1. The molecular weight excluding hydrogens is 275 g/mol. The minimum atomic E-state index is -4.69. The number of carbonyl (C=O) groups is 2. The van der Waals surface area contributed by atoms with Gasteiger partial charge in [-0.15, -0.1) is 0 Å². The van der Waals surface area contributed by atoms with Crippen molar-refractivity contribution in [1.82, 2.24) is 5.32 Å². The van der Waals surface area contributed by atoms with E-state index in [9.17, 15) is 22.8 Å². The van der Waals surface area contributed by atoms with Gasteiger partial charge < -0.3 is 10.4 Å². The summed E-state index contributed by atoms with van der Waals surface area (Å²) in [6.45, 7) is 0.691. The predicted octanol–water partition coefficient (Wildman–Crippen LogP) is 2.00. The smallest absolute Gasteiger partial charge is 0.400 e. The molecule has 0 aliphatic heterocycles. The van der Waals surface area contributed by atoms with Crippen LogP contribution in [0.25, 0.3) is 0 Å². The molecule has 110 valence electrons. The first kappa shape index (κ1) is 16.0. The Kier molecular flexibility index (Phi) is 5.12. The molecule has 0 aromatic heterocycles. The summed E-state index contributed by atoms with van der Waals surface area (Å²) in [6.07, 6.45) is -4.77. The number of hydrogen-bond donors (Lipinski definition) is 2. The second-order valence-electron chi connectivity index (χ2n) is 4.35. The van der Waals surface area contributed by atoms with E-state index in [1.165, 1.54) is 0 Å². The molecule has 1 unspecified atom stereocenters. The lowest BCUT2D eigenvalue weighted by Gasteiger charge is -2.19. The van der Waals surface area contributed by atoms with Crippen LogP contribution in [0.1, 0.15) is 12.5 Å². The van der Waals surface area contributed by atoms with Crippen molar-refractivity contribution in [3.8, 4) is 0 Å². The number of alkyl halides is 3. The lowest BCUT2D eigenvalue weighted by atomic mass is 10.0. The van der Waals surface area contributed by atoms with E-state index in [0.29, 0.717) is 12.5 Å². The number of carbonyl (C=O) groups excluding carboxylic acids is 1. The van der Waals surface area contributed by atoms with Crippen molar-refractivity contribution in [3.05, 3.63) is 35.9 Å². The van der Waals surface area contributed by atoms with Gasteiger partial charge in [0, 0.05) is 6.42 Å². The number of carboxylic acid groups (broad SMARTS) is 1. The summed E-state index contributed by atoms with van der Waals surface area (Å²) >= 11 is 0. The molecule has 7 heteroatoms. The van der Waals surface area contributed by atoms with E-state index in [-0.39, 0.29) is 6.42 Å². The maximum atomic E-state index is 12.4. The van der Waals surface area contributed by atoms with Gasteiger partial charge in [0.05, 0.1) is 0 Å². The van der Waals surface area contributed by atoms with Crippen LogP contribution in [-0.4, -0.2) is 29.2 Å². The van der Waals surface area contributed by atoms with Crippen LogP contribution in [-0.2, 0) is 16.0 Å². The minimum Gasteiger partial charge on any atom is -0.480 e. The molecule has 0 heterocycles. The van der Waals surface area contributed by atoms with Gasteiger partial charge in [-0.05, 0) is 12.5 Å². The predicted molar refractivity (Wildman–Crippen MR) is 64.9 cm³/mol. The quantitative estimate of drug-likeness (QED) is 0.871. The topological polar surface area (TPSA) is 66.4 Å². The molecule has 2 N–H and O–H groups in total. The van der Waals surface area contributed by atoms with Gasteiger partial charge in [0.2, 0.25) is 5.91 Å². The van der Waals surface area contributed by atoms with Gasteiger partial charge in [0.15, 0.2) is 0 Å². The minimum absolute atomic E-state index is 0.0769. The maximum absolute atomic E-state index is 12.4. The van der Waals surface area contributed by atoms with Gasteiger partial charge in [-0.1, -0.05) is 30.3 Å². The Morgan fingerprint density at radius 1 is 1.25 bits per heavy atom. The highest BCUT2D eigenvalue weighted by Gasteiger charge is 2.42. The largest absolute Gasteiger partial charge is 0.480 e. The van der Waals surface area contributed by atoms with Crippen LogP contribution < -0.4 is 5.32 Å². The molecule has 1 amide bonds. The molecule has 4 nitrogen and oxygen atoms in total. The Balaban J connectivity index is 2.74. The summed E-state index contributed by atoms with van der Waals surface area (Å²) < 4.78 is 37.1. The van der Waals surface area contributed by atoms with E-state index in [1.54, 1.807) is 30.3 Å². The third-order valence-electron chi connectivity index (χ3n) is 2.78. The van der Waals surface area contributed by atoms with Crippen LogP contribution in [0.3, 0.4) is 0 Å². The van der Waals surface area contributed by atoms with E-state index in [2.05, 4.69) is 0 Å². The highest BCUT2D eigenvalue weighted by molar-refractivity contribution is 5.85. The summed E-state index contributed by atoms with van der Waals surface area (Å²) in [5, 5.41) is 10.9. The van der Waals surface area contributed by atoms with Crippen molar-refractivity contribution >= 4 is 11.9 Å². The van der Waals surface area contributed by atoms with E-state index < -0.39 is 30.0 Å². The lowest BCUT2D eigenvalue weighted by molar-refractivity contribution is -0.180. The number of halogens is 3. The van der Waals surface area contributed by atoms with E-state index in [1.807, 2.05) is 5.32 Å². The molecule has 20 heavy (non-hydrogen) atoms. The fourth-order valence-electron chi connectivity index (χ4n) is 1.50. The summed E-state index contributed by atoms with van der Waals surface area (Å²) in [7, 11) is 0. The van der Waals surface area contributed by atoms with Crippen molar-refractivity contribution in [1.29, 1.82) is 0 Å². The van der Waals surface area contributed by atoms with Gasteiger partial charge >= 0.3 is 12.1 Å². The van der Waals surface area contributed by atoms with Crippen molar-refractivity contribution < 1.29 is 27.9 Å². The molecule has 2 atom stereocenters. The maximum Gasteiger partial charge on any atom is 0.400 e. The Morgan fingerprint density at radius 3 is 2.25 bits per heavy atom. The average Bonchev–Trinajstić information content (AvgIpc) is 2.37. The zero-order chi connectivity index (χ0) is 15.3. The molecule has 0 bridgehead atoms.